The van der Waals surface area contributed by atoms with E-state index in [-0.39, 0.29) is 12.5 Å². The standard InChI is InChI=1S/C26H22N2O4/c1-15-10-11-20-21(13-27-23(20)12-15)24(25(29)30)28-26(31)32-14-22-18-8-4-2-6-16(18)17-7-3-5-9-19(17)22/h2-13,22,24,27H,14H2,1H3,(H,28,31)(H,29,30). The van der Waals surface area contributed by atoms with Crippen molar-refractivity contribution in [3.8, 4) is 11.1 Å². The molecule has 4 aromatic rings. The molecule has 1 aliphatic rings. The van der Waals surface area contributed by atoms with Gasteiger partial charge in [-0.15, -0.1) is 0 Å². The quantitative estimate of drug-likeness (QED) is 0.412. The van der Waals surface area contributed by atoms with Crippen molar-refractivity contribution >= 4 is 23.0 Å². The van der Waals surface area contributed by atoms with Crippen LogP contribution in [-0.2, 0) is 9.53 Å². The van der Waals surface area contributed by atoms with Gasteiger partial charge in [0.2, 0.25) is 0 Å². The number of carboxylic acids is 1. The minimum Gasteiger partial charge on any atom is -0.479 e. The number of hydrogen-bond acceptors (Lipinski definition) is 3. The topological polar surface area (TPSA) is 91.4 Å². The Morgan fingerprint density at radius 2 is 1.69 bits per heavy atom. The summed E-state index contributed by atoms with van der Waals surface area (Å²) in [5, 5.41) is 13.0. The highest BCUT2D eigenvalue weighted by atomic mass is 16.5. The number of rotatable bonds is 5. The minimum absolute atomic E-state index is 0.0903. The number of nitrogens with one attached hydrogen (secondary N) is 2. The molecule has 1 heterocycles. The van der Waals surface area contributed by atoms with Gasteiger partial charge in [-0.2, -0.15) is 0 Å². The van der Waals surface area contributed by atoms with Gasteiger partial charge in [-0.3, -0.25) is 0 Å². The SMILES string of the molecule is Cc1ccc2c(C(NC(=O)OCC3c4ccccc4-c4ccccc43)C(=O)O)c[nH]c2c1. The molecule has 0 fully saturated rings. The Kier molecular flexibility index (Phi) is 4.90. The van der Waals surface area contributed by atoms with Crippen molar-refractivity contribution in [2.24, 2.45) is 0 Å². The molecule has 0 saturated heterocycles. The number of ether oxygens (including phenoxy) is 1. The molecule has 6 nitrogen and oxygen atoms in total. The summed E-state index contributed by atoms with van der Waals surface area (Å²) in [7, 11) is 0. The lowest BCUT2D eigenvalue weighted by atomic mass is 9.98. The van der Waals surface area contributed by atoms with Crippen LogP contribution < -0.4 is 5.32 Å². The maximum atomic E-state index is 12.6. The van der Waals surface area contributed by atoms with E-state index in [1.807, 2.05) is 61.5 Å². The molecule has 0 spiro atoms. The highest BCUT2D eigenvalue weighted by molar-refractivity contribution is 5.91. The van der Waals surface area contributed by atoms with Crippen LogP contribution >= 0.6 is 0 Å². The number of carboxylic acid groups (broad SMARTS) is 1. The van der Waals surface area contributed by atoms with Crippen LogP contribution in [0.25, 0.3) is 22.0 Å². The summed E-state index contributed by atoms with van der Waals surface area (Å²) in [4.78, 5) is 27.6. The Labute approximate surface area is 184 Å². The Hall–Kier alpha value is -4.06. The maximum Gasteiger partial charge on any atom is 0.408 e. The van der Waals surface area contributed by atoms with Crippen molar-refractivity contribution < 1.29 is 19.4 Å². The third kappa shape index (κ3) is 3.39. The molecule has 0 saturated carbocycles. The molecule has 0 aliphatic heterocycles. The number of alkyl carbamates (subject to hydrolysis) is 1. The molecule has 160 valence electrons. The fourth-order valence-electron chi connectivity index (χ4n) is 4.53. The smallest absolute Gasteiger partial charge is 0.408 e. The van der Waals surface area contributed by atoms with E-state index in [0.29, 0.717) is 5.56 Å². The highest BCUT2D eigenvalue weighted by Crippen LogP contribution is 2.44. The van der Waals surface area contributed by atoms with E-state index in [1.165, 1.54) is 0 Å². The average Bonchev–Trinajstić information content (AvgIpc) is 3.34. The summed E-state index contributed by atoms with van der Waals surface area (Å²) in [5.41, 5.74) is 6.83. The summed E-state index contributed by atoms with van der Waals surface area (Å²) >= 11 is 0. The first-order chi connectivity index (χ1) is 15.5. The Bertz CT molecular complexity index is 1300. The molecule has 32 heavy (non-hydrogen) atoms. The van der Waals surface area contributed by atoms with E-state index in [0.717, 1.165) is 38.7 Å². The molecule has 5 rings (SSSR count). The fraction of sp³-hybridized carbons (Fsp3) is 0.154. The van der Waals surface area contributed by atoms with Crippen LogP contribution in [0.15, 0.2) is 72.9 Å². The molecular weight excluding hydrogens is 404 g/mol. The first kappa shape index (κ1) is 19.9. The number of benzene rings is 3. The van der Waals surface area contributed by atoms with E-state index in [9.17, 15) is 14.7 Å². The summed E-state index contributed by atoms with van der Waals surface area (Å²) < 4.78 is 5.53. The zero-order chi connectivity index (χ0) is 22.2. The van der Waals surface area contributed by atoms with E-state index in [2.05, 4.69) is 22.4 Å². The van der Waals surface area contributed by atoms with Gasteiger partial charge in [-0.05, 0) is 40.8 Å². The lowest BCUT2D eigenvalue weighted by Gasteiger charge is -2.17. The molecule has 1 atom stereocenters. The van der Waals surface area contributed by atoms with E-state index >= 15 is 0 Å². The second kappa shape index (κ2) is 7.89. The largest absolute Gasteiger partial charge is 0.479 e. The van der Waals surface area contributed by atoms with E-state index in [1.54, 1.807) is 6.20 Å². The Balaban J connectivity index is 1.34. The second-order valence-corrected chi connectivity index (χ2v) is 8.03. The normalized spacial score (nSPS) is 13.4. The number of amides is 1. The summed E-state index contributed by atoms with van der Waals surface area (Å²) in [6, 6.07) is 20.6. The molecule has 6 heteroatoms. The monoisotopic (exact) mass is 426 g/mol. The maximum absolute atomic E-state index is 12.6. The van der Waals surface area contributed by atoms with Crippen LogP contribution in [0, 0.1) is 6.92 Å². The first-order valence-electron chi connectivity index (χ1n) is 10.4. The van der Waals surface area contributed by atoms with Gasteiger partial charge in [0.05, 0.1) is 0 Å². The van der Waals surface area contributed by atoms with Crippen molar-refractivity contribution in [1.82, 2.24) is 10.3 Å². The molecule has 1 unspecified atom stereocenters. The third-order valence-corrected chi connectivity index (χ3v) is 6.03. The van der Waals surface area contributed by atoms with Gasteiger partial charge in [0.25, 0.3) is 0 Å². The molecule has 0 bridgehead atoms. The molecule has 1 amide bonds. The number of carbonyl (C=O) groups is 2. The Morgan fingerprint density at radius 1 is 1.03 bits per heavy atom. The van der Waals surface area contributed by atoms with Crippen LogP contribution in [0.2, 0.25) is 0 Å². The van der Waals surface area contributed by atoms with Gasteiger partial charge in [-0.25, -0.2) is 9.59 Å². The predicted octanol–water partition coefficient (Wildman–Crippen LogP) is 5.14. The Morgan fingerprint density at radius 3 is 2.34 bits per heavy atom. The van der Waals surface area contributed by atoms with Crippen LogP contribution in [0.3, 0.4) is 0 Å². The predicted molar refractivity (Wildman–Crippen MR) is 122 cm³/mol. The van der Waals surface area contributed by atoms with Crippen molar-refractivity contribution in [3.63, 3.8) is 0 Å². The second-order valence-electron chi connectivity index (χ2n) is 8.03. The number of hydrogen-bond donors (Lipinski definition) is 3. The molecule has 0 radical (unpaired) electrons. The molecule has 3 aromatic carbocycles. The van der Waals surface area contributed by atoms with Crippen molar-refractivity contribution in [1.29, 1.82) is 0 Å². The number of carbonyl (C=O) groups excluding carboxylic acids is 1. The lowest BCUT2D eigenvalue weighted by molar-refractivity contribution is -0.139. The highest BCUT2D eigenvalue weighted by Gasteiger charge is 2.30. The van der Waals surface area contributed by atoms with Crippen LogP contribution in [0.4, 0.5) is 4.79 Å². The minimum atomic E-state index is -1.22. The molecule has 1 aromatic heterocycles. The van der Waals surface area contributed by atoms with Crippen molar-refractivity contribution in [2.45, 2.75) is 18.9 Å². The fourth-order valence-corrected chi connectivity index (χ4v) is 4.53. The average molecular weight is 426 g/mol. The van der Waals surface area contributed by atoms with Gasteiger partial charge >= 0.3 is 12.1 Å². The van der Waals surface area contributed by atoms with Crippen LogP contribution in [-0.4, -0.2) is 28.8 Å². The number of aliphatic carboxylic acids is 1. The lowest BCUT2D eigenvalue weighted by Crippen LogP contribution is -2.34. The van der Waals surface area contributed by atoms with E-state index < -0.39 is 18.1 Å². The zero-order valence-electron chi connectivity index (χ0n) is 17.5. The first-order valence-corrected chi connectivity index (χ1v) is 10.4. The number of H-pyrrole nitrogens is 1. The summed E-state index contributed by atoms with van der Waals surface area (Å²) in [6.45, 7) is 2.09. The molecule has 3 N–H and O–H groups in total. The van der Waals surface area contributed by atoms with Crippen molar-refractivity contribution in [2.75, 3.05) is 6.61 Å². The van der Waals surface area contributed by atoms with Gasteiger partial charge in [0, 0.05) is 28.6 Å². The zero-order valence-corrected chi connectivity index (χ0v) is 17.5. The van der Waals surface area contributed by atoms with Crippen molar-refractivity contribution in [3.05, 3.63) is 95.2 Å². The van der Waals surface area contributed by atoms with Gasteiger partial charge in [0.1, 0.15) is 6.61 Å². The van der Waals surface area contributed by atoms with Gasteiger partial charge in [0.15, 0.2) is 6.04 Å². The van der Waals surface area contributed by atoms with E-state index in [4.69, 9.17) is 4.74 Å². The number of aromatic amines is 1. The van der Waals surface area contributed by atoms with Gasteiger partial charge < -0.3 is 20.1 Å². The molecular formula is C26H22N2O4. The summed E-state index contributed by atoms with van der Waals surface area (Å²) in [5.74, 6) is -1.24. The summed E-state index contributed by atoms with van der Waals surface area (Å²) in [6.07, 6.45) is 0.854. The van der Waals surface area contributed by atoms with Crippen LogP contribution in [0.5, 0.6) is 0 Å². The third-order valence-electron chi connectivity index (χ3n) is 6.03. The number of aromatic nitrogens is 1. The van der Waals surface area contributed by atoms with Crippen LogP contribution in [0.1, 0.15) is 34.2 Å². The van der Waals surface area contributed by atoms with Gasteiger partial charge in [-0.1, -0.05) is 60.7 Å². The number of aryl methyl sites for hydroxylation is 1. The molecule has 1 aliphatic carbocycles. The number of fused-ring (bicyclic) bond motifs is 4.